The normalized spacial score (nSPS) is 22.0. The lowest BCUT2D eigenvalue weighted by atomic mass is 9.91. The maximum Gasteiger partial charge on any atom is 0.152 e. The zero-order valence-corrected chi connectivity index (χ0v) is 8.99. The molecule has 1 aromatic rings. The Morgan fingerprint density at radius 3 is 2.93 bits per heavy atom. The smallest absolute Gasteiger partial charge is 0.152 e. The molecule has 2 heteroatoms. The van der Waals surface area contributed by atoms with Crippen LogP contribution in [0.4, 0.5) is 0 Å². The summed E-state index contributed by atoms with van der Waals surface area (Å²) in [5.74, 6) is 1.25. The Hall–Kier alpha value is -1.57. The third-order valence-corrected chi connectivity index (χ3v) is 2.58. The van der Waals surface area contributed by atoms with Crippen LogP contribution < -0.4 is 4.74 Å². The van der Waals surface area contributed by atoms with Crippen molar-refractivity contribution in [3.05, 3.63) is 35.9 Å². The lowest BCUT2D eigenvalue weighted by Gasteiger charge is -2.25. The lowest BCUT2D eigenvalue weighted by Crippen LogP contribution is -2.17. The van der Waals surface area contributed by atoms with Gasteiger partial charge in [0.1, 0.15) is 5.75 Å². The molecule has 0 aromatic heterocycles. The van der Waals surface area contributed by atoms with Crippen molar-refractivity contribution in [1.82, 2.24) is 0 Å². The molecule has 0 bridgehead atoms. The van der Waals surface area contributed by atoms with Gasteiger partial charge >= 0.3 is 0 Å². The van der Waals surface area contributed by atoms with Gasteiger partial charge in [-0.05, 0) is 24.6 Å². The van der Waals surface area contributed by atoms with Crippen LogP contribution in [0.5, 0.6) is 5.75 Å². The molecule has 1 aromatic carbocycles. The topological polar surface area (TPSA) is 26.3 Å². The van der Waals surface area contributed by atoms with Crippen molar-refractivity contribution in [3.63, 3.8) is 0 Å². The van der Waals surface area contributed by atoms with Crippen molar-refractivity contribution in [2.24, 2.45) is 5.92 Å². The van der Waals surface area contributed by atoms with E-state index in [9.17, 15) is 4.79 Å². The van der Waals surface area contributed by atoms with Crippen LogP contribution >= 0.6 is 0 Å². The van der Waals surface area contributed by atoms with E-state index >= 15 is 0 Å². The Bertz CT molecular complexity index is 418. The third-order valence-electron chi connectivity index (χ3n) is 2.58. The lowest BCUT2D eigenvalue weighted by molar-refractivity contribution is -0.112. The molecule has 0 amide bonds. The molecule has 0 aliphatic carbocycles. The number of allylic oxidation sites excluding steroid dienone is 1. The molecule has 1 heterocycles. The maximum atomic E-state index is 11.2. The van der Waals surface area contributed by atoms with Crippen molar-refractivity contribution in [1.29, 1.82) is 0 Å². The van der Waals surface area contributed by atoms with Gasteiger partial charge in [-0.25, -0.2) is 0 Å². The van der Waals surface area contributed by atoms with Crippen LogP contribution in [-0.2, 0) is 4.79 Å². The van der Waals surface area contributed by atoms with Gasteiger partial charge in [0.15, 0.2) is 5.78 Å². The van der Waals surface area contributed by atoms with Gasteiger partial charge in [0.05, 0.1) is 6.61 Å². The van der Waals surface area contributed by atoms with Crippen LogP contribution in [0.25, 0.3) is 5.57 Å². The van der Waals surface area contributed by atoms with Crippen LogP contribution in [0.3, 0.4) is 0 Å². The molecular weight excluding hydrogens is 188 g/mol. The van der Waals surface area contributed by atoms with Crippen molar-refractivity contribution < 1.29 is 9.53 Å². The predicted octanol–water partition coefficient (Wildman–Crippen LogP) is 2.69. The summed E-state index contributed by atoms with van der Waals surface area (Å²) in [6.45, 7) is 4.30. The zero-order valence-electron chi connectivity index (χ0n) is 8.99. The Kier molecular flexibility index (Phi) is 2.58. The fourth-order valence-corrected chi connectivity index (χ4v) is 1.84. The molecule has 2 nitrogen and oxygen atoms in total. The Labute approximate surface area is 89.6 Å². The van der Waals surface area contributed by atoms with Crippen LogP contribution in [0.15, 0.2) is 30.3 Å². The minimum atomic E-state index is 0.0913. The highest BCUT2D eigenvalue weighted by atomic mass is 16.5. The van der Waals surface area contributed by atoms with E-state index in [-0.39, 0.29) is 11.7 Å². The van der Waals surface area contributed by atoms with Crippen molar-refractivity contribution in [2.45, 2.75) is 13.8 Å². The summed E-state index contributed by atoms with van der Waals surface area (Å²) < 4.78 is 5.60. The standard InChI is InChI=1S/C13H14O2/c1-9-8-15-13-6-4-3-5-11(13)12(9)7-10(2)14/h3-7,9H,8H2,1-2H3/b12-7-. The molecule has 0 spiro atoms. The van der Waals surface area contributed by atoms with Gasteiger partial charge in [-0.15, -0.1) is 0 Å². The fourth-order valence-electron chi connectivity index (χ4n) is 1.84. The Morgan fingerprint density at radius 1 is 1.47 bits per heavy atom. The minimum Gasteiger partial charge on any atom is -0.492 e. The van der Waals surface area contributed by atoms with E-state index in [2.05, 4.69) is 6.92 Å². The summed E-state index contributed by atoms with van der Waals surface area (Å²) in [7, 11) is 0. The zero-order chi connectivity index (χ0) is 10.8. The van der Waals surface area contributed by atoms with Gasteiger partial charge in [-0.1, -0.05) is 25.1 Å². The van der Waals surface area contributed by atoms with E-state index in [0.29, 0.717) is 6.61 Å². The van der Waals surface area contributed by atoms with E-state index in [4.69, 9.17) is 4.74 Å². The monoisotopic (exact) mass is 202 g/mol. The summed E-state index contributed by atoms with van der Waals surface area (Å²) in [4.78, 5) is 11.2. The second kappa shape index (κ2) is 3.89. The molecule has 1 unspecified atom stereocenters. The minimum absolute atomic E-state index is 0.0913. The van der Waals surface area contributed by atoms with Crippen molar-refractivity contribution in [3.8, 4) is 5.75 Å². The summed E-state index contributed by atoms with van der Waals surface area (Å²) in [6, 6.07) is 7.85. The van der Waals surface area contributed by atoms with E-state index in [1.165, 1.54) is 0 Å². The van der Waals surface area contributed by atoms with Gasteiger partial charge in [-0.2, -0.15) is 0 Å². The highest BCUT2D eigenvalue weighted by molar-refractivity contribution is 5.96. The molecular formula is C13H14O2. The van der Waals surface area contributed by atoms with Gasteiger partial charge in [0.2, 0.25) is 0 Å². The number of hydrogen-bond donors (Lipinski definition) is 0. The number of ketones is 1. The number of carbonyl (C=O) groups is 1. The van der Waals surface area contributed by atoms with E-state index in [0.717, 1.165) is 16.9 Å². The van der Waals surface area contributed by atoms with Crippen LogP contribution in [0.2, 0.25) is 0 Å². The summed E-state index contributed by atoms with van der Waals surface area (Å²) in [6.07, 6.45) is 1.71. The quantitative estimate of drug-likeness (QED) is 0.654. The molecule has 1 aliphatic heterocycles. The van der Waals surface area contributed by atoms with E-state index in [1.807, 2.05) is 24.3 Å². The molecule has 1 aliphatic rings. The Morgan fingerprint density at radius 2 is 2.20 bits per heavy atom. The number of benzene rings is 1. The molecule has 0 fully saturated rings. The predicted molar refractivity (Wildman–Crippen MR) is 59.8 cm³/mol. The molecule has 15 heavy (non-hydrogen) atoms. The molecule has 0 saturated carbocycles. The second-order valence-electron chi connectivity index (χ2n) is 3.92. The second-order valence-corrected chi connectivity index (χ2v) is 3.92. The van der Waals surface area contributed by atoms with Crippen LogP contribution in [0.1, 0.15) is 19.4 Å². The van der Waals surface area contributed by atoms with Crippen LogP contribution in [-0.4, -0.2) is 12.4 Å². The maximum absolute atomic E-state index is 11.2. The highest BCUT2D eigenvalue weighted by Crippen LogP contribution is 2.35. The molecule has 1 atom stereocenters. The highest BCUT2D eigenvalue weighted by Gasteiger charge is 2.21. The van der Waals surface area contributed by atoms with E-state index in [1.54, 1.807) is 13.0 Å². The first-order chi connectivity index (χ1) is 7.18. The number of rotatable bonds is 1. The number of fused-ring (bicyclic) bond motifs is 1. The van der Waals surface area contributed by atoms with Gasteiger partial charge in [0, 0.05) is 11.5 Å². The first-order valence-electron chi connectivity index (χ1n) is 5.13. The number of hydrogen-bond acceptors (Lipinski definition) is 2. The molecule has 78 valence electrons. The number of para-hydroxylation sites is 1. The third kappa shape index (κ3) is 1.94. The Balaban J connectivity index is 2.50. The average molecular weight is 202 g/mol. The number of carbonyl (C=O) groups excluding carboxylic acids is 1. The first kappa shape index (κ1) is 9.97. The summed E-state index contributed by atoms with van der Waals surface area (Å²) >= 11 is 0. The fraction of sp³-hybridized carbons (Fsp3) is 0.308. The van der Waals surface area contributed by atoms with Gasteiger partial charge in [-0.3, -0.25) is 4.79 Å². The summed E-state index contributed by atoms with van der Waals surface area (Å²) in [5.41, 5.74) is 2.14. The molecule has 0 N–H and O–H groups in total. The first-order valence-corrected chi connectivity index (χ1v) is 5.13. The van der Waals surface area contributed by atoms with Gasteiger partial charge < -0.3 is 4.74 Å². The average Bonchev–Trinajstić information content (AvgIpc) is 2.22. The van der Waals surface area contributed by atoms with Crippen LogP contribution in [0, 0.1) is 5.92 Å². The summed E-state index contributed by atoms with van der Waals surface area (Å²) in [5, 5.41) is 0. The molecule has 0 radical (unpaired) electrons. The molecule has 2 rings (SSSR count). The largest absolute Gasteiger partial charge is 0.492 e. The van der Waals surface area contributed by atoms with Crippen molar-refractivity contribution >= 4 is 11.4 Å². The van der Waals surface area contributed by atoms with Gasteiger partial charge in [0.25, 0.3) is 0 Å². The molecule has 0 saturated heterocycles. The number of ether oxygens (including phenoxy) is 1. The SMILES string of the molecule is CC(=O)/C=C1\c2ccccc2OCC1C. The van der Waals surface area contributed by atoms with Crippen molar-refractivity contribution in [2.75, 3.05) is 6.61 Å². The van der Waals surface area contributed by atoms with E-state index < -0.39 is 0 Å².